The zero-order chi connectivity index (χ0) is 31.5. The number of carbonyl (C=O) groups is 1. The fourth-order valence-electron chi connectivity index (χ4n) is 6.24. The lowest BCUT2D eigenvalue weighted by Gasteiger charge is -2.32. The molecular weight excluding hydrogens is 576 g/mol. The summed E-state index contributed by atoms with van der Waals surface area (Å²) in [5.74, 6) is 7.49. The zero-order valence-electron chi connectivity index (χ0n) is 25.2. The Bertz CT molecular complexity index is 1480. The molecule has 2 aliphatic rings. The van der Waals surface area contributed by atoms with Crippen molar-refractivity contribution in [3.63, 3.8) is 0 Å². The first kappa shape index (κ1) is 32.8. The Kier molecular flexibility index (Phi) is 12.0. The molecule has 1 aliphatic carbocycles. The highest BCUT2D eigenvalue weighted by Gasteiger charge is 2.31. The van der Waals surface area contributed by atoms with Crippen LogP contribution in [0.15, 0.2) is 53.5 Å². The van der Waals surface area contributed by atoms with Crippen LogP contribution >= 0.6 is 11.3 Å². The van der Waals surface area contributed by atoms with Crippen LogP contribution < -0.4 is 21.3 Å². The van der Waals surface area contributed by atoms with Crippen LogP contribution in [0.3, 0.4) is 0 Å². The Morgan fingerprint density at radius 1 is 0.977 bits per heavy atom. The number of nitrogens with one attached hydrogen (secondary N) is 4. The molecule has 4 N–H and O–H groups in total. The maximum Gasteiger partial charge on any atom is 0.261 e. The van der Waals surface area contributed by atoms with Crippen molar-refractivity contribution < 1.29 is 24.0 Å². The second-order valence-electron chi connectivity index (χ2n) is 12.0. The summed E-state index contributed by atoms with van der Waals surface area (Å²) in [7, 11) is 0. The first-order valence-corrected chi connectivity index (χ1v) is 16.2. The molecule has 2 fully saturated rings. The highest BCUT2D eigenvalue weighted by Crippen LogP contribution is 2.30. The van der Waals surface area contributed by atoms with Crippen molar-refractivity contribution in [1.82, 2.24) is 21.3 Å². The zero-order valence-corrected chi connectivity index (χ0v) is 26.1. The van der Waals surface area contributed by atoms with Crippen molar-refractivity contribution in [3.8, 4) is 0 Å². The molecule has 232 valence electrons. The lowest BCUT2D eigenvalue weighted by Crippen LogP contribution is -2.49. The van der Waals surface area contributed by atoms with Crippen molar-refractivity contribution in [3.05, 3.63) is 58.4 Å². The standard InChI is InChI=1S/C34H40N4O5S/c1-22(2)33(38-34(43)32-18-25-10-6-7-11-31(25)44-32)30(21-42)37-27(16-23-8-4-3-5-9-23)29(20-41)36-26(13-15-39)17-24-12-14-35-28(24)19-40/h6-7,10-11,13,18,22-24,26-27,33,35-37H,3-5,8-9,12,14,16-17H2,1-2H3,(H,38,43)/t24-,26+,27-,33-/m0/s1. The van der Waals surface area contributed by atoms with Crippen LogP contribution in [0.2, 0.25) is 0 Å². The summed E-state index contributed by atoms with van der Waals surface area (Å²) < 4.78 is 0.991. The van der Waals surface area contributed by atoms with Gasteiger partial charge in [-0.3, -0.25) is 4.79 Å². The first-order chi connectivity index (χ1) is 21.4. The highest BCUT2D eigenvalue weighted by molar-refractivity contribution is 7.20. The van der Waals surface area contributed by atoms with Crippen LogP contribution in [0.5, 0.6) is 0 Å². The Balaban J connectivity index is 1.56. The molecule has 1 amide bonds. The minimum Gasteiger partial charge on any atom is -0.379 e. The van der Waals surface area contributed by atoms with Gasteiger partial charge in [0, 0.05) is 23.2 Å². The van der Waals surface area contributed by atoms with Gasteiger partial charge in [-0.15, -0.1) is 11.3 Å². The quantitative estimate of drug-likeness (QED) is 0.234. The number of amides is 1. The molecular formula is C34H40N4O5S. The number of hydrogen-bond acceptors (Lipinski definition) is 9. The second-order valence-corrected chi connectivity index (χ2v) is 13.1. The molecule has 1 aromatic heterocycles. The number of thiophene rings is 1. The number of benzene rings is 1. The fraction of sp³-hybridized carbons (Fsp3) is 0.500. The Morgan fingerprint density at radius 2 is 1.73 bits per heavy atom. The lowest BCUT2D eigenvalue weighted by molar-refractivity contribution is 0.0936. The van der Waals surface area contributed by atoms with Gasteiger partial charge < -0.3 is 21.3 Å². The van der Waals surface area contributed by atoms with E-state index in [0.717, 1.165) is 42.2 Å². The molecule has 0 bridgehead atoms. The van der Waals surface area contributed by atoms with Gasteiger partial charge in [-0.2, -0.15) is 0 Å². The van der Waals surface area contributed by atoms with Crippen LogP contribution in [0, 0.1) is 17.8 Å². The average Bonchev–Trinajstić information content (AvgIpc) is 3.68. The normalized spacial score (nSPS) is 18.5. The van der Waals surface area contributed by atoms with Gasteiger partial charge in [0.15, 0.2) is 0 Å². The minimum absolute atomic E-state index is 0.137. The summed E-state index contributed by atoms with van der Waals surface area (Å²) in [5, 5.41) is 13.4. The largest absolute Gasteiger partial charge is 0.379 e. The number of fused-ring (bicyclic) bond motifs is 1. The van der Waals surface area contributed by atoms with E-state index in [1.54, 1.807) is 0 Å². The molecule has 0 radical (unpaired) electrons. The van der Waals surface area contributed by atoms with Crippen LogP contribution in [-0.4, -0.2) is 54.3 Å². The molecule has 4 rings (SSSR count). The molecule has 2 heterocycles. The average molecular weight is 617 g/mol. The number of rotatable bonds is 14. The van der Waals surface area contributed by atoms with E-state index < -0.39 is 18.1 Å². The maximum absolute atomic E-state index is 13.3. The number of carbonyl (C=O) groups excluding carboxylic acids is 5. The third kappa shape index (κ3) is 8.48. The van der Waals surface area contributed by atoms with Crippen molar-refractivity contribution in [2.24, 2.45) is 17.8 Å². The molecule has 10 heteroatoms. The highest BCUT2D eigenvalue weighted by atomic mass is 32.1. The third-order valence-electron chi connectivity index (χ3n) is 8.58. The van der Waals surface area contributed by atoms with Gasteiger partial charge in [-0.05, 0) is 48.6 Å². The molecule has 44 heavy (non-hydrogen) atoms. The van der Waals surface area contributed by atoms with Gasteiger partial charge >= 0.3 is 0 Å². The van der Waals surface area contributed by atoms with Crippen LogP contribution in [0.1, 0.15) is 74.9 Å². The van der Waals surface area contributed by atoms with E-state index in [9.17, 15) is 24.0 Å². The van der Waals surface area contributed by atoms with Gasteiger partial charge in [0.25, 0.3) is 5.91 Å². The SMILES string of the molecule is CC(C)[C@H](NC(=O)c1cc2ccccc2s1)C(=C=O)N[C@@H](CC1CCCCC1)C(=C=O)N[C@H](C=C=O)C[C@@H]1CCNC1=C=O. The van der Waals surface area contributed by atoms with Crippen LogP contribution in [0.25, 0.3) is 10.1 Å². The Morgan fingerprint density at radius 3 is 2.39 bits per heavy atom. The van der Waals surface area contributed by atoms with Gasteiger partial charge in [0.1, 0.15) is 35.2 Å². The van der Waals surface area contributed by atoms with Crippen LogP contribution in [0.4, 0.5) is 0 Å². The molecule has 4 atom stereocenters. The topological polar surface area (TPSA) is 133 Å². The fourth-order valence-corrected chi connectivity index (χ4v) is 7.20. The predicted molar refractivity (Wildman–Crippen MR) is 172 cm³/mol. The smallest absolute Gasteiger partial charge is 0.261 e. The Hall–Kier alpha value is -4.15. The molecule has 0 unspecified atom stereocenters. The van der Waals surface area contributed by atoms with Crippen molar-refractivity contribution in [1.29, 1.82) is 0 Å². The summed E-state index contributed by atoms with van der Waals surface area (Å²) in [4.78, 5) is 61.6. The molecule has 9 nitrogen and oxygen atoms in total. The number of hydrogen-bond donors (Lipinski definition) is 4. The van der Waals surface area contributed by atoms with E-state index in [1.807, 2.05) is 67.9 Å². The molecule has 1 aromatic carbocycles. The summed E-state index contributed by atoms with van der Waals surface area (Å²) in [5.41, 5.74) is 0.754. The summed E-state index contributed by atoms with van der Waals surface area (Å²) in [6, 6.07) is 7.65. The summed E-state index contributed by atoms with van der Waals surface area (Å²) in [6.45, 7) is 4.43. The van der Waals surface area contributed by atoms with E-state index in [4.69, 9.17) is 0 Å². The van der Waals surface area contributed by atoms with Crippen LogP contribution in [-0.2, 0) is 19.2 Å². The third-order valence-corrected chi connectivity index (χ3v) is 9.70. The van der Waals surface area contributed by atoms with Gasteiger partial charge in [-0.1, -0.05) is 64.2 Å². The lowest BCUT2D eigenvalue weighted by atomic mass is 9.84. The first-order valence-electron chi connectivity index (χ1n) is 15.4. The van der Waals surface area contributed by atoms with Gasteiger partial charge in [-0.25, -0.2) is 19.2 Å². The second kappa shape index (κ2) is 16.1. The minimum atomic E-state index is -0.692. The van der Waals surface area contributed by atoms with E-state index in [0.29, 0.717) is 42.3 Å². The molecule has 1 aliphatic heterocycles. The van der Waals surface area contributed by atoms with Gasteiger partial charge in [0.05, 0.1) is 28.7 Å². The van der Waals surface area contributed by atoms with E-state index in [1.165, 1.54) is 17.4 Å². The molecule has 0 spiro atoms. The van der Waals surface area contributed by atoms with Crippen molar-refractivity contribution in [2.75, 3.05) is 6.54 Å². The van der Waals surface area contributed by atoms with Crippen molar-refractivity contribution in [2.45, 2.75) is 83.3 Å². The monoisotopic (exact) mass is 616 g/mol. The molecule has 1 saturated carbocycles. The van der Waals surface area contributed by atoms with E-state index >= 15 is 0 Å². The molecule has 2 aromatic rings. The summed E-state index contributed by atoms with van der Waals surface area (Å²) in [6.07, 6.45) is 8.28. The predicted octanol–water partition coefficient (Wildman–Crippen LogP) is 4.08. The maximum atomic E-state index is 13.3. The van der Waals surface area contributed by atoms with Gasteiger partial charge in [0.2, 0.25) is 0 Å². The number of allylic oxidation sites excluding steroid dienone is 1. The Labute approximate surface area is 261 Å². The molecule has 1 saturated heterocycles. The summed E-state index contributed by atoms with van der Waals surface area (Å²) >= 11 is 1.38. The van der Waals surface area contributed by atoms with E-state index in [2.05, 4.69) is 21.3 Å². The van der Waals surface area contributed by atoms with E-state index in [-0.39, 0.29) is 29.1 Å². The van der Waals surface area contributed by atoms with Crippen molar-refractivity contribution >= 4 is 51.1 Å².